The molecule has 3 nitrogen and oxygen atoms in total. The average Bonchev–Trinajstić information content (AvgIpc) is 2.19. The molecule has 0 radical (unpaired) electrons. The van der Waals surface area contributed by atoms with Crippen LogP contribution < -0.4 is 10.5 Å². The number of pyridine rings is 1. The largest absolute Gasteiger partial charge is 0.344 e. The van der Waals surface area contributed by atoms with Gasteiger partial charge >= 0.3 is 0 Å². The van der Waals surface area contributed by atoms with Gasteiger partial charge in [-0.15, -0.1) is 0 Å². The number of nitrogens with zero attached hydrogens (tertiary/aromatic N) is 1. The van der Waals surface area contributed by atoms with E-state index in [2.05, 4.69) is 4.98 Å². The van der Waals surface area contributed by atoms with Gasteiger partial charge in [0.05, 0.1) is 0 Å². The molecule has 0 bridgehead atoms. The van der Waals surface area contributed by atoms with Crippen molar-refractivity contribution in [3.8, 4) is 0 Å². The maximum absolute atomic E-state index is 11.0. The number of rotatable bonds is 1. The Morgan fingerprint density at radius 3 is 3.00 bits per heavy atom. The standard InChI is InChI=1S/C10H10N2O/c13-10-8-9(4-5-11-10)12-6-2-1-3-7-12/h1-6,8H,7H2,(H,11,13). The summed E-state index contributed by atoms with van der Waals surface area (Å²) < 4.78 is 0. The van der Waals surface area contributed by atoms with Crippen molar-refractivity contribution in [1.29, 1.82) is 0 Å². The van der Waals surface area contributed by atoms with Crippen molar-refractivity contribution in [3.05, 3.63) is 53.1 Å². The van der Waals surface area contributed by atoms with Gasteiger partial charge in [-0.05, 0) is 12.1 Å². The van der Waals surface area contributed by atoms with Crippen LogP contribution in [0.2, 0.25) is 0 Å². The van der Waals surface area contributed by atoms with Gasteiger partial charge in [-0.25, -0.2) is 0 Å². The molecule has 2 heterocycles. The molecular weight excluding hydrogens is 164 g/mol. The van der Waals surface area contributed by atoms with Crippen LogP contribution in [0.5, 0.6) is 0 Å². The highest BCUT2D eigenvalue weighted by molar-refractivity contribution is 5.49. The van der Waals surface area contributed by atoms with Gasteiger partial charge in [0.2, 0.25) is 5.56 Å². The lowest BCUT2D eigenvalue weighted by atomic mass is 10.3. The number of aromatic amines is 1. The van der Waals surface area contributed by atoms with Crippen molar-refractivity contribution in [2.45, 2.75) is 0 Å². The normalized spacial score (nSPS) is 14.9. The van der Waals surface area contributed by atoms with Crippen molar-refractivity contribution in [2.24, 2.45) is 0 Å². The molecular formula is C10H10N2O. The summed E-state index contributed by atoms with van der Waals surface area (Å²) in [6.07, 6.45) is 9.59. The first-order valence-corrected chi connectivity index (χ1v) is 4.15. The van der Waals surface area contributed by atoms with E-state index in [1.165, 1.54) is 0 Å². The summed E-state index contributed by atoms with van der Waals surface area (Å²) in [4.78, 5) is 15.6. The number of hydrogen-bond acceptors (Lipinski definition) is 2. The quantitative estimate of drug-likeness (QED) is 0.695. The summed E-state index contributed by atoms with van der Waals surface area (Å²) in [5, 5.41) is 0. The van der Waals surface area contributed by atoms with Crippen LogP contribution in [0.3, 0.4) is 0 Å². The van der Waals surface area contributed by atoms with E-state index in [-0.39, 0.29) is 5.56 Å². The van der Waals surface area contributed by atoms with E-state index in [0.29, 0.717) is 0 Å². The molecule has 0 amide bonds. The SMILES string of the molecule is O=c1cc(N2C=CC=CC2)cc[nH]1. The monoisotopic (exact) mass is 174 g/mol. The lowest BCUT2D eigenvalue weighted by Crippen LogP contribution is -2.19. The van der Waals surface area contributed by atoms with Crippen LogP contribution in [0, 0.1) is 0 Å². The molecule has 0 atom stereocenters. The van der Waals surface area contributed by atoms with Crippen molar-refractivity contribution in [2.75, 3.05) is 11.4 Å². The smallest absolute Gasteiger partial charge is 0.249 e. The summed E-state index contributed by atoms with van der Waals surface area (Å²) >= 11 is 0. The predicted molar refractivity (Wildman–Crippen MR) is 52.7 cm³/mol. The molecule has 1 aliphatic heterocycles. The molecule has 1 aromatic heterocycles. The maximum atomic E-state index is 11.0. The molecule has 0 aliphatic carbocycles. The summed E-state index contributed by atoms with van der Waals surface area (Å²) in [6, 6.07) is 3.47. The number of aromatic nitrogens is 1. The second kappa shape index (κ2) is 3.31. The van der Waals surface area contributed by atoms with Gasteiger partial charge in [-0.1, -0.05) is 12.2 Å². The third-order valence-corrected chi connectivity index (χ3v) is 1.91. The van der Waals surface area contributed by atoms with Crippen molar-refractivity contribution in [1.82, 2.24) is 4.98 Å². The van der Waals surface area contributed by atoms with Crippen LogP contribution in [-0.2, 0) is 0 Å². The molecule has 0 saturated heterocycles. The van der Waals surface area contributed by atoms with E-state index in [4.69, 9.17) is 0 Å². The molecule has 0 saturated carbocycles. The highest BCUT2D eigenvalue weighted by Crippen LogP contribution is 2.12. The predicted octanol–water partition coefficient (Wildman–Crippen LogP) is 1.26. The van der Waals surface area contributed by atoms with Crippen LogP contribution in [-0.4, -0.2) is 11.5 Å². The van der Waals surface area contributed by atoms with E-state index in [0.717, 1.165) is 12.2 Å². The van der Waals surface area contributed by atoms with Gasteiger partial charge in [-0.3, -0.25) is 4.79 Å². The third kappa shape index (κ3) is 1.69. The van der Waals surface area contributed by atoms with Crippen molar-refractivity contribution in [3.63, 3.8) is 0 Å². The first-order valence-electron chi connectivity index (χ1n) is 4.15. The van der Waals surface area contributed by atoms with Crippen molar-refractivity contribution >= 4 is 5.69 Å². The summed E-state index contributed by atoms with van der Waals surface area (Å²) in [5.41, 5.74) is 0.852. The zero-order chi connectivity index (χ0) is 9.10. The van der Waals surface area contributed by atoms with Crippen molar-refractivity contribution < 1.29 is 0 Å². The van der Waals surface area contributed by atoms with Crippen LogP contribution >= 0.6 is 0 Å². The topological polar surface area (TPSA) is 36.1 Å². The van der Waals surface area contributed by atoms with Gasteiger partial charge in [0.25, 0.3) is 0 Å². The number of hydrogen-bond donors (Lipinski definition) is 1. The lowest BCUT2D eigenvalue weighted by molar-refractivity contribution is 1.06. The minimum absolute atomic E-state index is 0.0690. The molecule has 2 rings (SSSR count). The number of allylic oxidation sites excluding steroid dienone is 2. The van der Waals surface area contributed by atoms with Crippen LogP contribution in [0.25, 0.3) is 0 Å². The van der Waals surface area contributed by atoms with Gasteiger partial charge < -0.3 is 9.88 Å². The first-order chi connectivity index (χ1) is 6.36. The van der Waals surface area contributed by atoms with Crippen LogP contribution in [0.4, 0.5) is 5.69 Å². The Hall–Kier alpha value is -1.77. The van der Waals surface area contributed by atoms with E-state index >= 15 is 0 Å². The van der Waals surface area contributed by atoms with Crippen LogP contribution in [0.1, 0.15) is 0 Å². The average molecular weight is 174 g/mol. The molecule has 0 fully saturated rings. The maximum Gasteiger partial charge on any atom is 0.249 e. The molecule has 1 N–H and O–H groups in total. The fourth-order valence-corrected chi connectivity index (χ4v) is 1.27. The minimum Gasteiger partial charge on any atom is -0.344 e. The number of anilines is 1. The molecule has 0 spiro atoms. The first kappa shape index (κ1) is 7.86. The van der Waals surface area contributed by atoms with E-state index in [1.54, 1.807) is 12.3 Å². The summed E-state index contributed by atoms with van der Waals surface area (Å²) in [7, 11) is 0. The molecule has 1 aromatic rings. The summed E-state index contributed by atoms with van der Waals surface area (Å²) in [5.74, 6) is 0. The van der Waals surface area contributed by atoms with Gasteiger partial charge in [0, 0.05) is 30.7 Å². The fraction of sp³-hybridized carbons (Fsp3) is 0.100. The number of H-pyrrole nitrogens is 1. The second-order valence-corrected chi connectivity index (χ2v) is 2.83. The molecule has 0 unspecified atom stereocenters. The van der Waals surface area contributed by atoms with Gasteiger partial charge in [0.15, 0.2) is 0 Å². The zero-order valence-electron chi connectivity index (χ0n) is 7.10. The molecule has 0 aromatic carbocycles. The second-order valence-electron chi connectivity index (χ2n) is 2.83. The Bertz CT molecular complexity index is 403. The third-order valence-electron chi connectivity index (χ3n) is 1.91. The molecule has 13 heavy (non-hydrogen) atoms. The zero-order valence-corrected chi connectivity index (χ0v) is 7.10. The Morgan fingerprint density at radius 2 is 2.31 bits per heavy atom. The molecule has 3 heteroatoms. The van der Waals surface area contributed by atoms with Gasteiger partial charge in [-0.2, -0.15) is 0 Å². The lowest BCUT2D eigenvalue weighted by Gasteiger charge is -2.19. The number of nitrogens with one attached hydrogen (secondary N) is 1. The molecule has 1 aliphatic rings. The summed E-state index contributed by atoms with van der Waals surface area (Å²) in [6.45, 7) is 0.819. The molecule has 66 valence electrons. The highest BCUT2D eigenvalue weighted by atomic mass is 16.1. The minimum atomic E-state index is -0.0690. The Labute approximate surface area is 76.0 Å². The van der Waals surface area contributed by atoms with E-state index < -0.39 is 0 Å². The fourth-order valence-electron chi connectivity index (χ4n) is 1.27. The van der Waals surface area contributed by atoms with E-state index in [9.17, 15) is 4.79 Å². The highest BCUT2D eigenvalue weighted by Gasteiger charge is 2.02. The Balaban J connectivity index is 2.30. The van der Waals surface area contributed by atoms with Crippen LogP contribution in [0.15, 0.2) is 47.6 Å². The Morgan fingerprint density at radius 1 is 1.38 bits per heavy atom. The Kier molecular flexibility index (Phi) is 2.00. The van der Waals surface area contributed by atoms with Gasteiger partial charge in [0.1, 0.15) is 0 Å². The van der Waals surface area contributed by atoms with E-state index in [1.807, 2.05) is 35.4 Å².